The van der Waals surface area contributed by atoms with Gasteiger partial charge in [0, 0.05) is 11.3 Å². The van der Waals surface area contributed by atoms with Gasteiger partial charge >= 0.3 is 5.97 Å². The van der Waals surface area contributed by atoms with Crippen molar-refractivity contribution in [2.24, 2.45) is 0 Å². The predicted molar refractivity (Wildman–Crippen MR) is 82.2 cm³/mol. The summed E-state index contributed by atoms with van der Waals surface area (Å²) in [5, 5.41) is 0. The van der Waals surface area contributed by atoms with Crippen molar-refractivity contribution in [2.45, 2.75) is 24.8 Å². The summed E-state index contributed by atoms with van der Waals surface area (Å²) in [4.78, 5) is 11.7. The molecule has 2 aromatic rings. The number of rotatable bonds is 4. The maximum Gasteiger partial charge on any atom is 0.338 e. The van der Waals surface area contributed by atoms with Gasteiger partial charge in [-0.15, -0.1) is 0 Å². The Bertz CT molecular complexity index is 826. The maximum atomic E-state index is 12.4. The number of benzene rings is 2. The van der Waals surface area contributed by atoms with Crippen molar-refractivity contribution in [3.05, 3.63) is 59.2 Å². The molecule has 5 nitrogen and oxygen atoms in total. The summed E-state index contributed by atoms with van der Waals surface area (Å²) in [5.41, 5.74) is 2.58. The van der Waals surface area contributed by atoms with Crippen molar-refractivity contribution in [1.82, 2.24) is 0 Å². The van der Waals surface area contributed by atoms with Crippen LogP contribution in [0.1, 0.15) is 28.4 Å². The Morgan fingerprint density at radius 1 is 1.14 bits per heavy atom. The van der Waals surface area contributed by atoms with Gasteiger partial charge in [0.05, 0.1) is 10.5 Å². The summed E-state index contributed by atoms with van der Waals surface area (Å²) < 4.78 is 32.1. The summed E-state index contributed by atoms with van der Waals surface area (Å²) in [6.07, 6.45) is 0.848. The lowest BCUT2D eigenvalue weighted by molar-refractivity contribution is 0.0535. The summed E-state index contributed by atoms with van der Waals surface area (Å²) >= 11 is 0. The standard InChI is InChI=1S/C16H15NO4S/c1-2-11-3-7-14(8-4-11)22(19,20)17-13-6-5-12-10-21-16(18)15(12)9-13/h3-9,17H,2,10H2,1H3. The number of carbonyl (C=O) groups is 1. The minimum atomic E-state index is -3.68. The maximum absolute atomic E-state index is 12.4. The number of anilines is 1. The van der Waals surface area contributed by atoms with Gasteiger partial charge in [-0.05, 0) is 36.2 Å². The molecule has 0 spiro atoms. The third kappa shape index (κ3) is 2.69. The molecule has 2 aromatic carbocycles. The third-order valence-electron chi connectivity index (χ3n) is 3.58. The summed E-state index contributed by atoms with van der Waals surface area (Å²) in [7, 11) is -3.68. The fraction of sp³-hybridized carbons (Fsp3) is 0.188. The third-order valence-corrected chi connectivity index (χ3v) is 4.98. The van der Waals surface area contributed by atoms with Crippen LogP contribution in [-0.2, 0) is 27.8 Å². The van der Waals surface area contributed by atoms with Gasteiger partial charge in [-0.25, -0.2) is 13.2 Å². The van der Waals surface area contributed by atoms with Crippen LogP contribution in [0.2, 0.25) is 0 Å². The first-order chi connectivity index (χ1) is 10.5. The fourth-order valence-corrected chi connectivity index (χ4v) is 3.34. The highest BCUT2D eigenvalue weighted by Gasteiger charge is 2.22. The molecule has 3 rings (SSSR count). The van der Waals surface area contributed by atoms with Crippen LogP contribution in [-0.4, -0.2) is 14.4 Å². The van der Waals surface area contributed by atoms with Crippen LogP contribution in [0.15, 0.2) is 47.4 Å². The molecular formula is C16H15NO4S. The lowest BCUT2D eigenvalue weighted by Gasteiger charge is -2.09. The molecule has 0 aromatic heterocycles. The molecule has 22 heavy (non-hydrogen) atoms. The van der Waals surface area contributed by atoms with E-state index in [0.717, 1.165) is 17.5 Å². The first-order valence-corrected chi connectivity index (χ1v) is 8.40. The summed E-state index contributed by atoms with van der Waals surface area (Å²) in [6.45, 7) is 2.24. The van der Waals surface area contributed by atoms with Gasteiger partial charge in [0.25, 0.3) is 10.0 Å². The second-order valence-corrected chi connectivity index (χ2v) is 6.73. The number of ether oxygens (including phenoxy) is 1. The Labute approximate surface area is 129 Å². The summed E-state index contributed by atoms with van der Waals surface area (Å²) in [5.74, 6) is -0.427. The Morgan fingerprint density at radius 2 is 1.86 bits per heavy atom. The predicted octanol–water partition coefficient (Wildman–Crippen LogP) is 2.72. The number of aryl methyl sites for hydroxylation is 1. The van der Waals surface area contributed by atoms with E-state index in [1.54, 1.807) is 36.4 Å². The molecule has 0 atom stereocenters. The van der Waals surface area contributed by atoms with Gasteiger partial charge < -0.3 is 4.74 Å². The molecule has 0 amide bonds. The van der Waals surface area contributed by atoms with Gasteiger partial charge in [0.15, 0.2) is 0 Å². The minimum Gasteiger partial charge on any atom is -0.457 e. The van der Waals surface area contributed by atoms with E-state index in [0.29, 0.717) is 11.3 Å². The molecule has 0 saturated carbocycles. The first-order valence-electron chi connectivity index (χ1n) is 6.91. The molecule has 0 radical (unpaired) electrons. The molecule has 1 aliphatic heterocycles. The molecular weight excluding hydrogens is 302 g/mol. The molecule has 6 heteroatoms. The van der Waals surface area contributed by atoms with Crippen LogP contribution in [0.3, 0.4) is 0 Å². The minimum absolute atomic E-state index is 0.188. The molecule has 0 unspecified atom stereocenters. The first kappa shape index (κ1) is 14.6. The molecule has 1 heterocycles. The second-order valence-electron chi connectivity index (χ2n) is 5.05. The zero-order valence-corrected chi connectivity index (χ0v) is 12.8. The van der Waals surface area contributed by atoms with E-state index in [9.17, 15) is 13.2 Å². The van der Waals surface area contributed by atoms with Gasteiger partial charge in [-0.1, -0.05) is 25.1 Å². The Morgan fingerprint density at radius 3 is 2.55 bits per heavy atom. The van der Waals surface area contributed by atoms with E-state index in [4.69, 9.17) is 4.74 Å². The average Bonchev–Trinajstić information content (AvgIpc) is 2.88. The van der Waals surface area contributed by atoms with Crippen LogP contribution in [0.25, 0.3) is 0 Å². The van der Waals surface area contributed by atoms with Crippen LogP contribution in [0.4, 0.5) is 5.69 Å². The van der Waals surface area contributed by atoms with Crippen molar-refractivity contribution >= 4 is 21.7 Å². The number of nitrogens with one attached hydrogen (secondary N) is 1. The Kier molecular flexibility index (Phi) is 3.62. The van der Waals surface area contributed by atoms with E-state index in [1.165, 1.54) is 6.07 Å². The Balaban J connectivity index is 1.88. The van der Waals surface area contributed by atoms with Gasteiger partial charge in [0.2, 0.25) is 0 Å². The highest BCUT2D eigenvalue weighted by Crippen LogP contribution is 2.25. The van der Waals surface area contributed by atoms with Crippen molar-refractivity contribution in [2.75, 3.05) is 4.72 Å². The fourth-order valence-electron chi connectivity index (χ4n) is 2.30. The topological polar surface area (TPSA) is 72.5 Å². The lowest BCUT2D eigenvalue weighted by Crippen LogP contribution is -2.13. The number of cyclic esters (lactones) is 1. The van der Waals surface area contributed by atoms with Gasteiger partial charge in [-0.3, -0.25) is 4.72 Å². The smallest absolute Gasteiger partial charge is 0.338 e. The molecule has 0 bridgehead atoms. The summed E-state index contributed by atoms with van der Waals surface area (Å²) in [6, 6.07) is 11.5. The average molecular weight is 317 g/mol. The highest BCUT2D eigenvalue weighted by atomic mass is 32.2. The van der Waals surface area contributed by atoms with Crippen LogP contribution in [0.5, 0.6) is 0 Å². The molecule has 0 fully saturated rings. The SMILES string of the molecule is CCc1ccc(S(=O)(=O)Nc2ccc3c(c2)C(=O)OC3)cc1. The van der Waals surface area contributed by atoms with Crippen LogP contribution in [0, 0.1) is 0 Å². The van der Waals surface area contributed by atoms with Crippen molar-refractivity contribution in [1.29, 1.82) is 0 Å². The number of hydrogen-bond donors (Lipinski definition) is 1. The number of fused-ring (bicyclic) bond motifs is 1. The zero-order chi connectivity index (χ0) is 15.7. The lowest BCUT2D eigenvalue weighted by atomic mass is 10.1. The Hall–Kier alpha value is -2.34. The number of sulfonamides is 1. The van der Waals surface area contributed by atoms with E-state index >= 15 is 0 Å². The van der Waals surface area contributed by atoms with Gasteiger partial charge in [-0.2, -0.15) is 0 Å². The van der Waals surface area contributed by atoms with Crippen molar-refractivity contribution < 1.29 is 17.9 Å². The van der Waals surface area contributed by atoms with Crippen LogP contribution < -0.4 is 4.72 Å². The number of esters is 1. The normalized spacial score (nSPS) is 13.6. The highest BCUT2D eigenvalue weighted by molar-refractivity contribution is 7.92. The molecule has 1 N–H and O–H groups in total. The van der Waals surface area contributed by atoms with Crippen molar-refractivity contribution in [3.8, 4) is 0 Å². The molecule has 0 aliphatic carbocycles. The van der Waals surface area contributed by atoms with E-state index in [2.05, 4.69) is 4.72 Å². The number of carbonyl (C=O) groups excluding carboxylic acids is 1. The van der Waals surface area contributed by atoms with Crippen molar-refractivity contribution in [3.63, 3.8) is 0 Å². The van der Waals surface area contributed by atoms with Crippen LogP contribution >= 0.6 is 0 Å². The largest absolute Gasteiger partial charge is 0.457 e. The number of hydrogen-bond acceptors (Lipinski definition) is 4. The molecule has 0 saturated heterocycles. The van der Waals surface area contributed by atoms with E-state index < -0.39 is 16.0 Å². The quantitative estimate of drug-likeness (QED) is 0.880. The zero-order valence-electron chi connectivity index (χ0n) is 12.0. The van der Waals surface area contributed by atoms with Gasteiger partial charge in [0.1, 0.15) is 6.61 Å². The molecule has 1 aliphatic rings. The second kappa shape index (κ2) is 5.46. The van der Waals surface area contributed by atoms with E-state index in [1.807, 2.05) is 6.92 Å². The monoisotopic (exact) mass is 317 g/mol. The van der Waals surface area contributed by atoms with E-state index in [-0.39, 0.29) is 11.5 Å². The molecule has 114 valence electrons.